The molecule has 1 aromatic rings. The van der Waals surface area contributed by atoms with Gasteiger partial charge in [-0.2, -0.15) is 4.31 Å². The lowest BCUT2D eigenvalue weighted by Gasteiger charge is -2.55. The summed E-state index contributed by atoms with van der Waals surface area (Å²) in [4.78, 5) is 17.6. The number of quaternary nitrogens is 1. The first-order valence-corrected chi connectivity index (χ1v) is 18.9. The molecule has 7 heterocycles. The maximum Gasteiger partial charge on any atom is 0.256 e. The highest BCUT2D eigenvalue weighted by Gasteiger charge is 2.62. The molecular weight excluding hydrogens is 620 g/mol. The minimum absolute atomic E-state index is 0.152. The molecule has 47 heavy (non-hydrogen) atoms. The van der Waals surface area contributed by atoms with Gasteiger partial charge in [-0.25, -0.2) is 8.42 Å². The molecule has 11 nitrogen and oxygen atoms in total. The van der Waals surface area contributed by atoms with E-state index in [0.717, 1.165) is 68.9 Å². The van der Waals surface area contributed by atoms with Crippen molar-refractivity contribution in [2.45, 2.75) is 61.7 Å². The van der Waals surface area contributed by atoms with E-state index >= 15 is 0 Å². The molecule has 7 aliphatic heterocycles. The van der Waals surface area contributed by atoms with Crippen LogP contribution in [-0.4, -0.2) is 136 Å². The van der Waals surface area contributed by atoms with Gasteiger partial charge in [0.25, 0.3) is 5.91 Å². The van der Waals surface area contributed by atoms with Gasteiger partial charge in [-0.05, 0) is 54.5 Å². The maximum absolute atomic E-state index is 14.7. The Labute approximate surface area is 278 Å². The van der Waals surface area contributed by atoms with Gasteiger partial charge in [0.15, 0.2) is 6.10 Å². The number of nitrogens with zero attached hydrogens (tertiary/aromatic N) is 4. The third-order valence-electron chi connectivity index (χ3n) is 12.2. The molecular formula is C35H49N4O7S+. The van der Waals surface area contributed by atoms with Gasteiger partial charge < -0.3 is 29.1 Å². The molecule has 1 N–H and O–H groups in total. The Balaban J connectivity index is 0.935. The van der Waals surface area contributed by atoms with Crippen molar-refractivity contribution in [3.8, 4) is 0 Å². The van der Waals surface area contributed by atoms with Gasteiger partial charge in [0.05, 0.1) is 40.0 Å². The highest BCUT2D eigenvalue weighted by Crippen LogP contribution is 2.46. The van der Waals surface area contributed by atoms with Crippen LogP contribution >= 0.6 is 0 Å². The standard InChI is InChI=1S/C35H49N4O7S/c1-39-14-5-3-2-4-9-35(23-39,18-30-33(39)46-16-15-45-30)47(42,43)38-21-27-19-37(20-28(27)22-38)32(41)31(40)26-7-6-8-29(17-26)36-12-10-34(11-13-36)24-44-25-34/h2-3,6-8,17,30-31,33,40H,4-5,9-16,18-25H2,1H3/q+1/b3-2-. The molecule has 0 radical (unpaired) electrons. The average molecular weight is 670 g/mol. The molecule has 256 valence electrons. The van der Waals surface area contributed by atoms with E-state index in [1.807, 2.05) is 24.3 Å². The van der Waals surface area contributed by atoms with Crippen LogP contribution in [0.15, 0.2) is 47.6 Å². The van der Waals surface area contributed by atoms with Crippen LogP contribution in [0.1, 0.15) is 50.2 Å². The zero-order chi connectivity index (χ0) is 32.4. The van der Waals surface area contributed by atoms with Gasteiger partial charge in [0.1, 0.15) is 17.4 Å². The van der Waals surface area contributed by atoms with E-state index in [4.69, 9.17) is 14.2 Å². The van der Waals surface area contributed by atoms with Crippen LogP contribution < -0.4 is 4.90 Å². The molecule has 1 amide bonds. The number of aliphatic hydroxyl groups excluding tert-OH is 1. The van der Waals surface area contributed by atoms with Gasteiger partial charge >= 0.3 is 0 Å². The van der Waals surface area contributed by atoms with E-state index in [-0.39, 0.29) is 18.2 Å². The van der Waals surface area contributed by atoms with Crippen LogP contribution in [0.4, 0.5) is 5.69 Å². The van der Waals surface area contributed by atoms with Gasteiger partial charge in [0.2, 0.25) is 16.3 Å². The summed E-state index contributed by atoms with van der Waals surface area (Å²) in [6.07, 6.45) is 7.42. The molecule has 4 fully saturated rings. The number of fused-ring (bicyclic) bond motifs is 4. The summed E-state index contributed by atoms with van der Waals surface area (Å²) in [5.74, 6) is -0.336. The summed E-state index contributed by atoms with van der Waals surface area (Å²) in [7, 11) is -1.58. The fourth-order valence-electron chi connectivity index (χ4n) is 9.40. The lowest BCUT2D eigenvalue weighted by atomic mass is 9.77. The summed E-state index contributed by atoms with van der Waals surface area (Å²) in [6, 6.07) is 7.72. The van der Waals surface area contributed by atoms with Crippen molar-refractivity contribution in [2.75, 3.05) is 90.7 Å². The summed E-state index contributed by atoms with van der Waals surface area (Å²) >= 11 is 0. The topological polar surface area (TPSA) is 109 Å². The predicted octanol–water partition coefficient (Wildman–Crippen LogP) is 2.19. The van der Waals surface area contributed by atoms with Crippen LogP contribution in [0.25, 0.3) is 0 Å². The number of allylic oxidation sites excluding steroid dienone is 1. The van der Waals surface area contributed by atoms with Crippen LogP contribution in [0.2, 0.25) is 0 Å². The molecule has 8 rings (SSSR count). The summed E-state index contributed by atoms with van der Waals surface area (Å²) in [5, 5.41) is 11.2. The van der Waals surface area contributed by atoms with E-state index in [1.165, 1.54) is 0 Å². The van der Waals surface area contributed by atoms with Crippen molar-refractivity contribution in [2.24, 2.45) is 5.41 Å². The van der Waals surface area contributed by atoms with Crippen molar-refractivity contribution in [3.63, 3.8) is 0 Å². The number of hydrogen-bond donors (Lipinski definition) is 1. The van der Waals surface area contributed by atoms with E-state index < -0.39 is 20.9 Å². The number of sulfonamides is 1. The number of piperidine rings is 2. The maximum atomic E-state index is 14.7. The number of ether oxygens (including phenoxy) is 3. The molecule has 12 heteroatoms. The van der Waals surface area contributed by atoms with Crippen LogP contribution in [0, 0.1) is 5.41 Å². The summed E-state index contributed by atoms with van der Waals surface area (Å²) < 4.78 is 48.6. The van der Waals surface area contributed by atoms with Gasteiger partial charge in [-0.3, -0.25) is 9.28 Å². The quantitative estimate of drug-likeness (QED) is 0.376. The first-order valence-electron chi connectivity index (χ1n) is 17.4. The molecule has 5 atom stereocenters. The van der Waals surface area contributed by atoms with Crippen LogP contribution in [-0.2, 0) is 29.0 Å². The SMILES string of the molecule is C[N+]12CC/C=C\CCC(S(=O)(=O)N3CC4=C(CN(C(=O)C(O)c5cccc(N6CCC7(CC6)COC7)c5)C4)C3)(CC3OCCOC31)C2. The Bertz CT molecular complexity index is 1550. The van der Waals surface area contributed by atoms with Crippen molar-refractivity contribution in [1.82, 2.24) is 9.21 Å². The lowest BCUT2D eigenvalue weighted by molar-refractivity contribution is -0.967. The van der Waals surface area contributed by atoms with Gasteiger partial charge in [0, 0.05) is 63.2 Å². The third kappa shape index (κ3) is 5.48. The number of carbonyl (C=O) groups is 1. The number of anilines is 1. The highest BCUT2D eigenvalue weighted by molar-refractivity contribution is 7.90. The average Bonchev–Trinajstić information content (AvgIpc) is 3.67. The van der Waals surface area contributed by atoms with E-state index in [9.17, 15) is 18.3 Å². The second-order valence-electron chi connectivity index (χ2n) is 15.4. The number of amides is 1. The van der Waals surface area contributed by atoms with Crippen LogP contribution in [0.5, 0.6) is 0 Å². The minimum Gasteiger partial charge on any atom is -0.380 e. The molecule has 5 unspecified atom stereocenters. The number of rotatable bonds is 5. The normalized spacial score (nSPS) is 35.4. The Morgan fingerprint density at radius 2 is 1.72 bits per heavy atom. The zero-order valence-corrected chi connectivity index (χ0v) is 28.3. The first kappa shape index (κ1) is 31.9. The Morgan fingerprint density at radius 1 is 1.00 bits per heavy atom. The number of aliphatic hydroxyl groups is 1. The number of likely N-dealkylation sites (N-methyl/N-ethyl adjacent to an activating group) is 1. The lowest BCUT2D eigenvalue weighted by Crippen LogP contribution is -2.73. The summed E-state index contributed by atoms with van der Waals surface area (Å²) in [6.45, 7) is 7.21. The van der Waals surface area contributed by atoms with Gasteiger partial charge in [-0.15, -0.1) is 0 Å². The van der Waals surface area contributed by atoms with Crippen molar-refractivity contribution < 1.29 is 37.0 Å². The Hall–Kier alpha value is -2.32. The largest absolute Gasteiger partial charge is 0.380 e. The summed E-state index contributed by atoms with van der Waals surface area (Å²) in [5.41, 5.74) is 3.92. The predicted molar refractivity (Wildman–Crippen MR) is 176 cm³/mol. The molecule has 1 aromatic carbocycles. The first-order chi connectivity index (χ1) is 22.6. The second kappa shape index (κ2) is 11.9. The zero-order valence-electron chi connectivity index (χ0n) is 27.5. The molecule has 1 spiro atoms. The molecule has 0 saturated carbocycles. The number of hydrogen-bond acceptors (Lipinski definition) is 8. The van der Waals surface area contributed by atoms with E-state index in [2.05, 4.69) is 24.1 Å². The van der Waals surface area contributed by atoms with E-state index in [0.29, 0.717) is 80.7 Å². The second-order valence-corrected chi connectivity index (χ2v) is 17.7. The van der Waals surface area contributed by atoms with Crippen molar-refractivity contribution >= 4 is 21.6 Å². The van der Waals surface area contributed by atoms with E-state index in [1.54, 1.807) is 9.21 Å². The van der Waals surface area contributed by atoms with Crippen molar-refractivity contribution in [3.05, 3.63) is 53.1 Å². The Kier molecular flexibility index (Phi) is 8.10. The molecule has 4 saturated heterocycles. The van der Waals surface area contributed by atoms with Crippen molar-refractivity contribution in [1.29, 1.82) is 0 Å². The fraction of sp³-hybridized carbons (Fsp3) is 0.686. The van der Waals surface area contributed by atoms with Gasteiger partial charge in [-0.1, -0.05) is 24.3 Å². The molecule has 2 bridgehead atoms. The minimum atomic E-state index is -3.72. The molecule has 0 aromatic heterocycles. The number of benzene rings is 1. The molecule has 7 aliphatic rings. The monoisotopic (exact) mass is 669 g/mol. The molecule has 0 aliphatic carbocycles. The fourth-order valence-corrected chi connectivity index (χ4v) is 11.8. The number of carbonyl (C=O) groups excluding carboxylic acids is 1. The highest BCUT2D eigenvalue weighted by atomic mass is 32.2. The van der Waals surface area contributed by atoms with Crippen LogP contribution in [0.3, 0.4) is 0 Å². The smallest absolute Gasteiger partial charge is 0.256 e. The Morgan fingerprint density at radius 3 is 2.45 bits per heavy atom. The third-order valence-corrected chi connectivity index (χ3v) is 14.8.